The van der Waals surface area contributed by atoms with E-state index in [-0.39, 0.29) is 6.04 Å². The molecule has 1 unspecified atom stereocenters. The lowest BCUT2D eigenvalue weighted by molar-refractivity contribution is 0.491. The van der Waals surface area contributed by atoms with Crippen LogP contribution in [-0.4, -0.2) is 7.05 Å². The molecule has 0 saturated carbocycles. The van der Waals surface area contributed by atoms with E-state index in [0.717, 1.165) is 31.8 Å². The quantitative estimate of drug-likeness (QED) is 0.706. The van der Waals surface area contributed by atoms with Crippen LogP contribution in [0.25, 0.3) is 11.0 Å². The normalized spacial score (nSPS) is 12.8. The molecule has 0 amide bonds. The van der Waals surface area contributed by atoms with Crippen LogP contribution in [0.2, 0.25) is 5.02 Å². The molecule has 0 radical (unpaired) electrons. The molecule has 0 fully saturated rings. The van der Waals surface area contributed by atoms with Gasteiger partial charge in [-0.1, -0.05) is 35.9 Å². The molecule has 1 atom stereocenters. The number of halogens is 2. The zero-order valence-corrected chi connectivity index (χ0v) is 13.2. The highest BCUT2D eigenvalue weighted by molar-refractivity contribution is 9.10. The molecular weight excluding hydrogens is 338 g/mol. The zero-order valence-electron chi connectivity index (χ0n) is 10.9. The minimum Gasteiger partial charge on any atom is -0.458 e. The summed E-state index contributed by atoms with van der Waals surface area (Å²) < 4.78 is 6.96. The number of hydrogen-bond donors (Lipinski definition) is 1. The fourth-order valence-electron chi connectivity index (χ4n) is 2.32. The lowest BCUT2D eigenvalue weighted by Gasteiger charge is -2.13. The van der Waals surface area contributed by atoms with Crippen molar-refractivity contribution in [2.75, 3.05) is 7.05 Å². The molecule has 1 heterocycles. The maximum Gasteiger partial charge on any atom is 0.148 e. The first-order valence-corrected chi connectivity index (χ1v) is 7.47. The Labute approximate surface area is 130 Å². The molecule has 1 aromatic heterocycles. The molecule has 3 rings (SSSR count). The van der Waals surface area contributed by atoms with Crippen LogP contribution in [0.4, 0.5) is 0 Å². The largest absolute Gasteiger partial charge is 0.458 e. The number of para-hydroxylation sites is 1. The fraction of sp³-hybridized carbons (Fsp3) is 0.125. The lowest BCUT2D eigenvalue weighted by atomic mass is 10.0. The van der Waals surface area contributed by atoms with E-state index < -0.39 is 0 Å². The van der Waals surface area contributed by atoms with Gasteiger partial charge in [-0.3, -0.25) is 0 Å². The predicted octanol–water partition coefficient (Wildman–Crippen LogP) is 5.16. The van der Waals surface area contributed by atoms with Crippen molar-refractivity contribution >= 4 is 38.5 Å². The maximum absolute atomic E-state index is 5.99. The molecule has 2 aromatic carbocycles. The average molecular weight is 351 g/mol. The molecule has 0 saturated heterocycles. The van der Waals surface area contributed by atoms with Crippen LogP contribution in [0.5, 0.6) is 0 Å². The van der Waals surface area contributed by atoms with Crippen molar-refractivity contribution in [2.45, 2.75) is 6.04 Å². The van der Waals surface area contributed by atoms with E-state index in [2.05, 4.69) is 27.3 Å². The first-order valence-electron chi connectivity index (χ1n) is 6.29. The van der Waals surface area contributed by atoms with Crippen molar-refractivity contribution in [3.8, 4) is 0 Å². The van der Waals surface area contributed by atoms with Crippen LogP contribution in [-0.2, 0) is 0 Å². The monoisotopic (exact) mass is 349 g/mol. The number of rotatable bonds is 3. The summed E-state index contributed by atoms with van der Waals surface area (Å²) in [4.78, 5) is 0. The summed E-state index contributed by atoms with van der Waals surface area (Å²) in [6, 6.07) is 15.9. The van der Waals surface area contributed by atoms with Crippen LogP contribution in [0.3, 0.4) is 0 Å². The third kappa shape index (κ3) is 2.49. The predicted molar refractivity (Wildman–Crippen MR) is 86.3 cm³/mol. The van der Waals surface area contributed by atoms with Gasteiger partial charge in [0.15, 0.2) is 0 Å². The molecule has 3 aromatic rings. The summed E-state index contributed by atoms with van der Waals surface area (Å²) in [5, 5.41) is 5.10. The number of fused-ring (bicyclic) bond motifs is 1. The average Bonchev–Trinajstić information content (AvgIpc) is 2.87. The minimum atomic E-state index is 0.00608. The van der Waals surface area contributed by atoms with Crippen molar-refractivity contribution in [3.63, 3.8) is 0 Å². The summed E-state index contributed by atoms with van der Waals surface area (Å²) in [5.41, 5.74) is 1.99. The van der Waals surface area contributed by atoms with E-state index in [1.165, 1.54) is 0 Å². The van der Waals surface area contributed by atoms with E-state index >= 15 is 0 Å². The molecule has 20 heavy (non-hydrogen) atoms. The summed E-state index contributed by atoms with van der Waals surface area (Å²) in [5.74, 6) is 0.886. The maximum atomic E-state index is 5.99. The van der Waals surface area contributed by atoms with Gasteiger partial charge in [0.1, 0.15) is 11.3 Å². The zero-order chi connectivity index (χ0) is 14.1. The van der Waals surface area contributed by atoms with Crippen molar-refractivity contribution in [1.29, 1.82) is 0 Å². The third-order valence-corrected chi connectivity index (χ3v) is 4.17. The topological polar surface area (TPSA) is 25.2 Å². The Hall–Kier alpha value is -1.29. The van der Waals surface area contributed by atoms with Gasteiger partial charge >= 0.3 is 0 Å². The first-order chi connectivity index (χ1) is 9.69. The summed E-state index contributed by atoms with van der Waals surface area (Å²) in [6.45, 7) is 0. The van der Waals surface area contributed by atoms with Crippen molar-refractivity contribution in [1.82, 2.24) is 5.32 Å². The second kappa shape index (κ2) is 5.60. The van der Waals surface area contributed by atoms with Crippen LogP contribution < -0.4 is 5.32 Å². The molecule has 0 aliphatic carbocycles. The molecule has 0 aliphatic heterocycles. The van der Waals surface area contributed by atoms with E-state index in [9.17, 15) is 0 Å². The second-order valence-corrected chi connectivity index (χ2v) is 5.87. The summed E-state index contributed by atoms with van der Waals surface area (Å²) >= 11 is 9.46. The van der Waals surface area contributed by atoms with Gasteiger partial charge < -0.3 is 9.73 Å². The standard InChI is InChI=1S/C16H13BrClNO/c1-19-15(10-5-7-12(18)8-6-10)14-9-11-3-2-4-13(17)16(11)20-14/h2-9,15,19H,1H3. The Balaban J connectivity index is 2.07. The first kappa shape index (κ1) is 13.7. The van der Waals surface area contributed by atoms with E-state index in [1.54, 1.807) is 0 Å². The minimum absolute atomic E-state index is 0.00608. The molecule has 0 bridgehead atoms. The Morgan fingerprint density at radius 3 is 2.55 bits per heavy atom. The van der Waals surface area contributed by atoms with Crippen molar-refractivity contribution < 1.29 is 4.42 Å². The van der Waals surface area contributed by atoms with Gasteiger partial charge in [-0.05, 0) is 52.8 Å². The number of benzene rings is 2. The molecule has 2 nitrogen and oxygen atoms in total. The summed E-state index contributed by atoms with van der Waals surface area (Å²) in [7, 11) is 1.92. The van der Waals surface area contributed by atoms with Crippen molar-refractivity contribution in [2.24, 2.45) is 0 Å². The van der Waals surface area contributed by atoms with Gasteiger partial charge in [0.05, 0.1) is 10.5 Å². The number of nitrogens with one attached hydrogen (secondary N) is 1. The molecular formula is C16H13BrClNO. The lowest BCUT2D eigenvalue weighted by Crippen LogP contribution is -2.16. The fourth-order valence-corrected chi connectivity index (χ4v) is 2.91. The third-order valence-electron chi connectivity index (χ3n) is 3.29. The molecule has 0 aliphatic rings. The Kier molecular flexibility index (Phi) is 3.83. The smallest absolute Gasteiger partial charge is 0.148 e. The van der Waals surface area contributed by atoms with Gasteiger partial charge in [-0.15, -0.1) is 0 Å². The highest BCUT2D eigenvalue weighted by Crippen LogP contribution is 2.32. The van der Waals surface area contributed by atoms with E-state index in [1.807, 2.05) is 49.5 Å². The highest BCUT2D eigenvalue weighted by Gasteiger charge is 2.17. The number of furan rings is 1. The van der Waals surface area contributed by atoms with Crippen LogP contribution in [0.15, 0.2) is 57.4 Å². The molecule has 4 heteroatoms. The Bertz CT molecular complexity index is 736. The molecule has 1 N–H and O–H groups in total. The summed E-state index contributed by atoms with van der Waals surface area (Å²) in [6.07, 6.45) is 0. The van der Waals surface area contributed by atoms with Crippen LogP contribution in [0.1, 0.15) is 17.4 Å². The van der Waals surface area contributed by atoms with Crippen LogP contribution >= 0.6 is 27.5 Å². The number of hydrogen-bond acceptors (Lipinski definition) is 2. The van der Waals surface area contributed by atoms with Gasteiger partial charge in [0.25, 0.3) is 0 Å². The van der Waals surface area contributed by atoms with Gasteiger partial charge in [0, 0.05) is 10.4 Å². The Morgan fingerprint density at radius 1 is 1.15 bits per heavy atom. The molecule has 102 valence electrons. The van der Waals surface area contributed by atoms with Gasteiger partial charge in [-0.25, -0.2) is 0 Å². The van der Waals surface area contributed by atoms with Gasteiger partial charge in [-0.2, -0.15) is 0 Å². The Morgan fingerprint density at radius 2 is 1.90 bits per heavy atom. The van der Waals surface area contributed by atoms with E-state index in [4.69, 9.17) is 16.0 Å². The van der Waals surface area contributed by atoms with Crippen LogP contribution in [0, 0.1) is 0 Å². The van der Waals surface area contributed by atoms with Crippen molar-refractivity contribution in [3.05, 3.63) is 69.3 Å². The second-order valence-electron chi connectivity index (χ2n) is 4.58. The highest BCUT2D eigenvalue weighted by atomic mass is 79.9. The van der Waals surface area contributed by atoms with Gasteiger partial charge in [0.2, 0.25) is 0 Å². The van der Waals surface area contributed by atoms with E-state index in [0.29, 0.717) is 0 Å². The SMILES string of the molecule is CNC(c1ccc(Cl)cc1)c1cc2cccc(Br)c2o1. The molecule has 0 spiro atoms.